The van der Waals surface area contributed by atoms with Gasteiger partial charge >= 0.3 is 0 Å². The Hall–Kier alpha value is -2.48. The first-order valence-corrected chi connectivity index (χ1v) is 8.70. The molecule has 3 rings (SSSR count). The van der Waals surface area contributed by atoms with E-state index < -0.39 is 0 Å². The number of aromatic nitrogens is 4. The smallest absolute Gasteiger partial charge is 0.271 e. The van der Waals surface area contributed by atoms with E-state index in [9.17, 15) is 9.59 Å². The molecular formula is C17H24N6O2. The van der Waals surface area contributed by atoms with Crippen LogP contribution in [0, 0.1) is 6.92 Å². The van der Waals surface area contributed by atoms with Crippen molar-refractivity contribution in [3.8, 4) is 0 Å². The molecule has 1 amide bonds. The van der Waals surface area contributed by atoms with Crippen LogP contribution in [0.2, 0.25) is 0 Å². The average Bonchev–Trinajstić information content (AvgIpc) is 3.06. The fourth-order valence-electron chi connectivity index (χ4n) is 3.20. The molecule has 1 unspecified atom stereocenters. The van der Waals surface area contributed by atoms with E-state index >= 15 is 0 Å². The third kappa shape index (κ3) is 4.54. The molecule has 25 heavy (non-hydrogen) atoms. The van der Waals surface area contributed by atoms with Gasteiger partial charge in [0.05, 0.1) is 6.54 Å². The highest BCUT2D eigenvalue weighted by molar-refractivity contribution is 5.92. The first-order valence-electron chi connectivity index (χ1n) is 8.70. The van der Waals surface area contributed by atoms with Crippen molar-refractivity contribution in [2.45, 2.75) is 38.8 Å². The molecule has 1 aliphatic rings. The predicted molar refractivity (Wildman–Crippen MR) is 93.4 cm³/mol. The minimum absolute atomic E-state index is 0.0849. The van der Waals surface area contributed by atoms with Crippen molar-refractivity contribution < 1.29 is 4.79 Å². The molecule has 0 aromatic carbocycles. The number of likely N-dealkylation sites (tertiary alicyclic amines) is 1. The van der Waals surface area contributed by atoms with Crippen LogP contribution in [0.1, 0.15) is 35.4 Å². The van der Waals surface area contributed by atoms with Gasteiger partial charge in [0, 0.05) is 37.1 Å². The number of nitrogens with zero attached hydrogens (tertiary/aromatic N) is 4. The average molecular weight is 344 g/mol. The van der Waals surface area contributed by atoms with Gasteiger partial charge in [0.15, 0.2) is 0 Å². The van der Waals surface area contributed by atoms with Crippen LogP contribution >= 0.6 is 0 Å². The van der Waals surface area contributed by atoms with Crippen molar-refractivity contribution in [1.29, 1.82) is 0 Å². The largest absolute Gasteiger partial charge is 0.349 e. The Balaban J connectivity index is 1.54. The van der Waals surface area contributed by atoms with Crippen LogP contribution in [0.15, 0.2) is 29.2 Å². The minimum atomic E-state index is -0.157. The second-order valence-corrected chi connectivity index (χ2v) is 6.42. The monoisotopic (exact) mass is 344 g/mol. The quantitative estimate of drug-likeness (QED) is 0.798. The Labute approximate surface area is 146 Å². The van der Waals surface area contributed by atoms with Gasteiger partial charge in [-0.3, -0.25) is 19.6 Å². The minimum Gasteiger partial charge on any atom is -0.349 e. The van der Waals surface area contributed by atoms with E-state index in [4.69, 9.17) is 0 Å². The summed E-state index contributed by atoms with van der Waals surface area (Å²) in [4.78, 5) is 26.3. The number of nitrogens with one attached hydrogen (secondary N) is 2. The number of hydrogen-bond acceptors (Lipinski definition) is 5. The number of carbonyl (C=O) groups is 1. The van der Waals surface area contributed by atoms with Gasteiger partial charge in [-0.15, -0.1) is 0 Å². The van der Waals surface area contributed by atoms with Gasteiger partial charge in [0.2, 0.25) is 0 Å². The van der Waals surface area contributed by atoms with E-state index in [1.807, 2.05) is 6.92 Å². The lowest BCUT2D eigenvalue weighted by molar-refractivity contribution is 0.0904. The molecule has 8 nitrogen and oxygen atoms in total. The Kier molecular flexibility index (Phi) is 5.60. The van der Waals surface area contributed by atoms with Crippen LogP contribution in [-0.4, -0.2) is 56.5 Å². The number of carbonyl (C=O) groups excluding carboxylic acids is 1. The maximum absolute atomic E-state index is 12.2. The van der Waals surface area contributed by atoms with E-state index in [2.05, 4.69) is 25.5 Å². The molecule has 0 saturated carbocycles. The SMILES string of the molecule is Cc1cc(C(=O)NCC2CCCCN2CCn2ncccc2=O)n[nH]1. The van der Waals surface area contributed by atoms with Crippen molar-refractivity contribution in [3.63, 3.8) is 0 Å². The second kappa shape index (κ2) is 8.06. The van der Waals surface area contributed by atoms with E-state index in [0.29, 0.717) is 18.8 Å². The molecular weight excluding hydrogens is 320 g/mol. The number of aryl methyl sites for hydroxylation is 1. The van der Waals surface area contributed by atoms with Crippen LogP contribution < -0.4 is 10.9 Å². The topological polar surface area (TPSA) is 95.9 Å². The highest BCUT2D eigenvalue weighted by Crippen LogP contribution is 2.16. The molecule has 0 bridgehead atoms. The molecule has 1 aliphatic heterocycles. The third-order valence-corrected chi connectivity index (χ3v) is 4.57. The third-order valence-electron chi connectivity index (χ3n) is 4.57. The highest BCUT2D eigenvalue weighted by atomic mass is 16.2. The zero-order chi connectivity index (χ0) is 17.6. The first-order chi connectivity index (χ1) is 12.1. The molecule has 1 atom stereocenters. The molecule has 1 fully saturated rings. The van der Waals surface area contributed by atoms with Gasteiger partial charge in [-0.25, -0.2) is 4.68 Å². The molecule has 2 aromatic heterocycles. The number of H-pyrrole nitrogens is 1. The Morgan fingerprint density at radius 3 is 3.04 bits per heavy atom. The lowest BCUT2D eigenvalue weighted by Gasteiger charge is -2.35. The molecule has 1 saturated heterocycles. The Morgan fingerprint density at radius 2 is 2.28 bits per heavy atom. The summed E-state index contributed by atoms with van der Waals surface area (Å²) in [6.07, 6.45) is 4.96. The van der Waals surface area contributed by atoms with E-state index in [0.717, 1.165) is 38.0 Å². The molecule has 2 N–H and O–H groups in total. The summed E-state index contributed by atoms with van der Waals surface area (Å²) in [7, 11) is 0. The van der Waals surface area contributed by atoms with E-state index in [1.165, 1.54) is 10.7 Å². The van der Waals surface area contributed by atoms with Crippen LogP contribution in [-0.2, 0) is 6.54 Å². The van der Waals surface area contributed by atoms with Crippen LogP contribution in [0.3, 0.4) is 0 Å². The molecule has 0 spiro atoms. The van der Waals surface area contributed by atoms with Gasteiger partial charge in [-0.2, -0.15) is 10.2 Å². The standard InChI is InChI=1S/C17H24N6O2/c1-13-11-15(21-20-13)17(25)18-12-14-5-2-3-8-22(14)9-10-23-16(24)6-4-7-19-23/h4,6-7,11,14H,2-3,5,8-10,12H2,1H3,(H,18,25)(H,20,21). The van der Waals surface area contributed by atoms with E-state index in [1.54, 1.807) is 18.3 Å². The van der Waals surface area contributed by atoms with Crippen molar-refractivity contribution in [2.24, 2.45) is 0 Å². The number of aromatic amines is 1. The number of piperidine rings is 1. The molecule has 8 heteroatoms. The molecule has 134 valence electrons. The van der Waals surface area contributed by atoms with Crippen molar-refractivity contribution in [3.05, 3.63) is 46.1 Å². The number of amides is 1. The fraction of sp³-hybridized carbons (Fsp3) is 0.529. The lowest BCUT2D eigenvalue weighted by Crippen LogP contribution is -2.48. The zero-order valence-corrected chi connectivity index (χ0v) is 14.4. The number of rotatable bonds is 6. The van der Waals surface area contributed by atoms with Crippen LogP contribution in [0.4, 0.5) is 0 Å². The summed E-state index contributed by atoms with van der Waals surface area (Å²) in [6, 6.07) is 5.18. The van der Waals surface area contributed by atoms with Gasteiger partial charge in [0.1, 0.15) is 5.69 Å². The second-order valence-electron chi connectivity index (χ2n) is 6.42. The lowest BCUT2D eigenvalue weighted by atomic mass is 10.0. The van der Waals surface area contributed by atoms with Crippen LogP contribution in [0.25, 0.3) is 0 Å². The predicted octanol–water partition coefficient (Wildman–Crippen LogP) is 0.559. The summed E-state index contributed by atoms with van der Waals surface area (Å²) >= 11 is 0. The van der Waals surface area contributed by atoms with Gasteiger partial charge in [-0.1, -0.05) is 6.42 Å². The summed E-state index contributed by atoms with van der Waals surface area (Å²) in [6.45, 7) is 4.74. The summed E-state index contributed by atoms with van der Waals surface area (Å²) < 4.78 is 1.48. The molecule has 2 aromatic rings. The molecule has 3 heterocycles. The fourth-order valence-corrected chi connectivity index (χ4v) is 3.20. The molecule has 0 aliphatic carbocycles. The Bertz CT molecular complexity index is 768. The zero-order valence-electron chi connectivity index (χ0n) is 14.4. The highest BCUT2D eigenvalue weighted by Gasteiger charge is 2.23. The van der Waals surface area contributed by atoms with Crippen molar-refractivity contribution in [2.75, 3.05) is 19.6 Å². The normalized spacial score (nSPS) is 18.2. The summed E-state index contributed by atoms with van der Waals surface area (Å²) in [5.41, 5.74) is 1.20. The van der Waals surface area contributed by atoms with Gasteiger partial charge in [-0.05, 0) is 38.4 Å². The Morgan fingerprint density at radius 1 is 1.40 bits per heavy atom. The maximum atomic E-state index is 12.2. The summed E-state index contributed by atoms with van der Waals surface area (Å²) in [5, 5.41) is 13.8. The van der Waals surface area contributed by atoms with Crippen molar-refractivity contribution in [1.82, 2.24) is 30.2 Å². The maximum Gasteiger partial charge on any atom is 0.271 e. The van der Waals surface area contributed by atoms with Crippen LogP contribution in [0.5, 0.6) is 0 Å². The first kappa shape index (κ1) is 17.3. The van der Waals surface area contributed by atoms with E-state index in [-0.39, 0.29) is 17.5 Å². The molecule has 0 radical (unpaired) electrons. The van der Waals surface area contributed by atoms with Crippen molar-refractivity contribution >= 4 is 5.91 Å². The summed E-state index contributed by atoms with van der Waals surface area (Å²) in [5.74, 6) is -0.157. The van der Waals surface area contributed by atoms with Gasteiger partial charge in [0.25, 0.3) is 11.5 Å². The van der Waals surface area contributed by atoms with Gasteiger partial charge < -0.3 is 5.32 Å². The number of hydrogen-bond donors (Lipinski definition) is 2.